The molecule has 0 radical (unpaired) electrons. The highest BCUT2D eigenvalue weighted by molar-refractivity contribution is 5.33. The fourth-order valence-electron chi connectivity index (χ4n) is 2.17. The maximum atomic E-state index is 12.0. The molecular formula is C11H13N3O2. The Kier molecular flexibility index (Phi) is 2.43. The Labute approximate surface area is 92.6 Å². The molecule has 0 saturated carbocycles. The van der Waals surface area contributed by atoms with E-state index in [4.69, 9.17) is 5.26 Å². The van der Waals surface area contributed by atoms with Gasteiger partial charge in [0.15, 0.2) is 0 Å². The summed E-state index contributed by atoms with van der Waals surface area (Å²) in [5.74, 6) is 0. The molecule has 1 aromatic heterocycles. The molecule has 5 heteroatoms. The Morgan fingerprint density at radius 2 is 2.06 bits per heavy atom. The van der Waals surface area contributed by atoms with Gasteiger partial charge in [0.25, 0.3) is 5.56 Å². The van der Waals surface area contributed by atoms with Gasteiger partial charge in [0.05, 0.1) is 0 Å². The van der Waals surface area contributed by atoms with Crippen LogP contribution in [0.15, 0.2) is 9.59 Å². The fraction of sp³-hybridized carbons (Fsp3) is 0.545. The molecule has 1 aliphatic rings. The average Bonchev–Trinajstić information content (AvgIpc) is 2.66. The Bertz CT molecular complexity index is 587. The molecule has 0 unspecified atom stereocenters. The largest absolute Gasteiger partial charge is 0.331 e. The van der Waals surface area contributed by atoms with E-state index < -0.39 is 5.56 Å². The van der Waals surface area contributed by atoms with Crippen LogP contribution in [0, 0.1) is 11.3 Å². The predicted octanol–water partition coefficient (Wildman–Crippen LogP) is 0.409. The lowest BCUT2D eigenvalue weighted by atomic mass is 10.2. The number of aromatic nitrogens is 2. The van der Waals surface area contributed by atoms with Crippen molar-refractivity contribution in [1.82, 2.24) is 9.13 Å². The van der Waals surface area contributed by atoms with Gasteiger partial charge in [-0.2, -0.15) is 5.26 Å². The van der Waals surface area contributed by atoms with Crippen LogP contribution in [-0.2, 0) is 13.0 Å². The summed E-state index contributed by atoms with van der Waals surface area (Å²) in [6, 6.07) is 1.71. The van der Waals surface area contributed by atoms with Crippen molar-refractivity contribution < 1.29 is 0 Å². The molecule has 0 N–H and O–H groups in total. The highest BCUT2D eigenvalue weighted by atomic mass is 16.2. The zero-order valence-corrected chi connectivity index (χ0v) is 9.36. The van der Waals surface area contributed by atoms with Crippen LogP contribution in [0.1, 0.15) is 37.6 Å². The van der Waals surface area contributed by atoms with E-state index in [-0.39, 0.29) is 17.3 Å². The number of nitrogens with zero attached hydrogens (tertiary/aromatic N) is 3. The molecule has 2 heterocycles. The molecule has 0 fully saturated rings. The molecule has 0 bridgehead atoms. The third-order valence-electron chi connectivity index (χ3n) is 2.91. The second-order valence-electron chi connectivity index (χ2n) is 4.24. The van der Waals surface area contributed by atoms with Crippen LogP contribution >= 0.6 is 0 Å². The zero-order chi connectivity index (χ0) is 11.9. The van der Waals surface area contributed by atoms with E-state index in [1.807, 2.05) is 6.07 Å². The summed E-state index contributed by atoms with van der Waals surface area (Å²) in [4.78, 5) is 24.0. The second kappa shape index (κ2) is 3.63. The molecule has 0 aromatic carbocycles. The number of hydrogen-bond donors (Lipinski definition) is 0. The van der Waals surface area contributed by atoms with Crippen molar-refractivity contribution in [2.75, 3.05) is 0 Å². The monoisotopic (exact) mass is 219 g/mol. The Balaban J connectivity index is 2.92. The molecule has 0 spiro atoms. The molecule has 2 rings (SSSR count). The van der Waals surface area contributed by atoms with Crippen molar-refractivity contribution in [2.45, 2.75) is 39.3 Å². The SMILES string of the molecule is CC(C)n1c(=O)c(C#N)c2n(c1=O)CCC2. The lowest BCUT2D eigenvalue weighted by Gasteiger charge is -2.13. The molecule has 0 atom stereocenters. The summed E-state index contributed by atoms with van der Waals surface area (Å²) in [7, 11) is 0. The highest BCUT2D eigenvalue weighted by Crippen LogP contribution is 2.13. The third-order valence-corrected chi connectivity index (χ3v) is 2.91. The first-order valence-electron chi connectivity index (χ1n) is 5.36. The third kappa shape index (κ3) is 1.30. The molecular weight excluding hydrogens is 206 g/mol. The first-order valence-corrected chi connectivity index (χ1v) is 5.36. The molecule has 1 aromatic rings. The van der Waals surface area contributed by atoms with Gasteiger partial charge in [0, 0.05) is 18.3 Å². The quantitative estimate of drug-likeness (QED) is 0.687. The van der Waals surface area contributed by atoms with E-state index in [0.29, 0.717) is 18.7 Å². The minimum Gasteiger partial charge on any atom is -0.296 e. The Morgan fingerprint density at radius 1 is 1.38 bits per heavy atom. The number of hydrogen-bond acceptors (Lipinski definition) is 3. The van der Waals surface area contributed by atoms with Crippen molar-refractivity contribution in [3.05, 3.63) is 32.1 Å². The Morgan fingerprint density at radius 3 is 2.62 bits per heavy atom. The standard InChI is InChI=1S/C11H13N3O2/c1-7(2)14-10(15)8(6-12)9-4-3-5-13(9)11(14)16/h7H,3-5H2,1-2H3. The normalized spacial score (nSPS) is 13.9. The molecule has 1 aliphatic heterocycles. The first kappa shape index (κ1) is 10.7. The number of rotatable bonds is 1. The highest BCUT2D eigenvalue weighted by Gasteiger charge is 2.23. The Hall–Kier alpha value is -1.83. The second-order valence-corrected chi connectivity index (χ2v) is 4.24. The number of nitriles is 1. The van der Waals surface area contributed by atoms with Crippen LogP contribution in [0.25, 0.3) is 0 Å². The van der Waals surface area contributed by atoms with Crippen LogP contribution in [0.5, 0.6) is 0 Å². The molecule has 0 aliphatic carbocycles. The minimum absolute atomic E-state index is 0.130. The van der Waals surface area contributed by atoms with Crippen LogP contribution in [0.2, 0.25) is 0 Å². The van der Waals surface area contributed by atoms with E-state index in [1.165, 1.54) is 0 Å². The van der Waals surface area contributed by atoms with Gasteiger partial charge < -0.3 is 0 Å². The van der Waals surface area contributed by atoms with Crippen molar-refractivity contribution in [1.29, 1.82) is 5.26 Å². The van der Waals surface area contributed by atoms with E-state index in [9.17, 15) is 9.59 Å². The van der Waals surface area contributed by atoms with Gasteiger partial charge in [-0.15, -0.1) is 0 Å². The van der Waals surface area contributed by atoms with E-state index in [2.05, 4.69) is 0 Å². The van der Waals surface area contributed by atoms with Crippen LogP contribution in [0.3, 0.4) is 0 Å². The van der Waals surface area contributed by atoms with Crippen LogP contribution in [0.4, 0.5) is 0 Å². The summed E-state index contributed by atoms with van der Waals surface area (Å²) >= 11 is 0. The van der Waals surface area contributed by atoms with Crippen molar-refractivity contribution in [3.63, 3.8) is 0 Å². The lowest BCUT2D eigenvalue weighted by Crippen LogP contribution is -2.42. The topological polar surface area (TPSA) is 67.8 Å². The van der Waals surface area contributed by atoms with Gasteiger partial charge in [-0.05, 0) is 26.7 Å². The van der Waals surface area contributed by atoms with Gasteiger partial charge >= 0.3 is 5.69 Å². The summed E-state index contributed by atoms with van der Waals surface area (Å²) in [5.41, 5.74) is 0.00218. The zero-order valence-electron chi connectivity index (χ0n) is 9.36. The van der Waals surface area contributed by atoms with Gasteiger partial charge in [-0.3, -0.25) is 13.9 Å². The maximum Gasteiger partial charge on any atom is 0.331 e. The van der Waals surface area contributed by atoms with Crippen molar-refractivity contribution in [3.8, 4) is 6.07 Å². The van der Waals surface area contributed by atoms with Gasteiger partial charge in [0.1, 0.15) is 11.6 Å². The lowest BCUT2D eigenvalue weighted by molar-refractivity contribution is 0.508. The fourth-order valence-corrected chi connectivity index (χ4v) is 2.17. The molecule has 16 heavy (non-hydrogen) atoms. The summed E-state index contributed by atoms with van der Waals surface area (Å²) in [5, 5.41) is 9.00. The van der Waals surface area contributed by atoms with Gasteiger partial charge in [-0.25, -0.2) is 4.79 Å². The van der Waals surface area contributed by atoms with Gasteiger partial charge in [0.2, 0.25) is 0 Å². The molecule has 0 saturated heterocycles. The summed E-state index contributed by atoms with van der Waals surface area (Å²) < 4.78 is 2.72. The summed E-state index contributed by atoms with van der Waals surface area (Å²) in [6.45, 7) is 4.15. The van der Waals surface area contributed by atoms with E-state index >= 15 is 0 Å². The molecule has 0 amide bonds. The van der Waals surface area contributed by atoms with E-state index in [1.54, 1.807) is 18.4 Å². The first-order chi connectivity index (χ1) is 7.57. The van der Waals surface area contributed by atoms with E-state index in [0.717, 1.165) is 11.0 Å². The summed E-state index contributed by atoms with van der Waals surface area (Å²) in [6.07, 6.45) is 1.47. The minimum atomic E-state index is -0.448. The number of fused-ring (bicyclic) bond motifs is 1. The smallest absolute Gasteiger partial charge is 0.296 e. The maximum absolute atomic E-state index is 12.0. The van der Waals surface area contributed by atoms with Crippen LogP contribution < -0.4 is 11.2 Å². The van der Waals surface area contributed by atoms with Gasteiger partial charge in [-0.1, -0.05) is 0 Å². The van der Waals surface area contributed by atoms with Crippen molar-refractivity contribution in [2.24, 2.45) is 0 Å². The van der Waals surface area contributed by atoms with Crippen molar-refractivity contribution >= 4 is 0 Å². The predicted molar refractivity (Wildman–Crippen MR) is 58.4 cm³/mol. The average molecular weight is 219 g/mol. The molecule has 5 nitrogen and oxygen atoms in total. The van der Waals surface area contributed by atoms with Crippen LogP contribution in [-0.4, -0.2) is 9.13 Å². The molecule has 84 valence electrons.